The van der Waals surface area contributed by atoms with Crippen LogP contribution in [-0.2, 0) is 17.8 Å². The highest BCUT2D eigenvalue weighted by Crippen LogP contribution is 2.14. The van der Waals surface area contributed by atoms with Crippen LogP contribution in [-0.4, -0.2) is 25.8 Å². The molecule has 2 rings (SSSR count). The van der Waals surface area contributed by atoms with Gasteiger partial charge < -0.3 is 9.63 Å². The van der Waals surface area contributed by atoms with Gasteiger partial charge in [-0.3, -0.25) is 9.36 Å². The third-order valence-electron chi connectivity index (χ3n) is 3.35. The predicted octanol–water partition coefficient (Wildman–Crippen LogP) is 1.22. The van der Waals surface area contributed by atoms with Gasteiger partial charge in [-0.25, -0.2) is 4.79 Å². The Balaban J connectivity index is 2.38. The van der Waals surface area contributed by atoms with Gasteiger partial charge in [-0.2, -0.15) is 4.98 Å². The smallest absolute Gasteiger partial charge is 0.348 e. The van der Waals surface area contributed by atoms with Gasteiger partial charge in [0.25, 0.3) is 0 Å². The molecule has 7 heteroatoms. The fraction of sp³-hybridized carbons (Fsp3) is 0.429. The van der Waals surface area contributed by atoms with E-state index in [2.05, 4.69) is 10.1 Å². The third-order valence-corrected chi connectivity index (χ3v) is 3.35. The fourth-order valence-corrected chi connectivity index (χ4v) is 2.27. The van der Waals surface area contributed by atoms with Gasteiger partial charge in [-0.05, 0) is 32.8 Å². The van der Waals surface area contributed by atoms with E-state index in [9.17, 15) is 9.59 Å². The van der Waals surface area contributed by atoms with Crippen molar-refractivity contribution in [1.29, 1.82) is 0 Å². The quantitative estimate of drug-likeness (QED) is 0.889. The number of aliphatic carboxylic acids is 1. The van der Waals surface area contributed by atoms with Gasteiger partial charge in [0.15, 0.2) is 5.76 Å². The van der Waals surface area contributed by atoms with Crippen molar-refractivity contribution in [2.45, 2.75) is 40.2 Å². The minimum atomic E-state index is -0.877. The first-order valence-electron chi connectivity index (χ1n) is 6.59. The van der Waals surface area contributed by atoms with E-state index in [1.54, 1.807) is 26.8 Å². The highest BCUT2D eigenvalue weighted by molar-refractivity contribution is 5.67. The van der Waals surface area contributed by atoms with E-state index in [-0.39, 0.29) is 18.7 Å². The molecule has 0 saturated heterocycles. The molecule has 0 aliphatic carbocycles. The molecule has 0 bridgehead atoms. The summed E-state index contributed by atoms with van der Waals surface area (Å²) >= 11 is 0. The van der Waals surface area contributed by atoms with Crippen molar-refractivity contribution < 1.29 is 14.4 Å². The topological polar surface area (TPSA) is 98.2 Å². The van der Waals surface area contributed by atoms with Crippen molar-refractivity contribution >= 4 is 5.97 Å². The van der Waals surface area contributed by atoms with Crippen molar-refractivity contribution in [1.82, 2.24) is 14.7 Å². The number of nitrogens with zero attached hydrogens (tertiary/aromatic N) is 3. The molecule has 7 nitrogen and oxygen atoms in total. The number of carboxylic acids is 1. The first-order chi connectivity index (χ1) is 9.88. The highest BCUT2D eigenvalue weighted by atomic mass is 16.5. The number of hydrogen-bond acceptors (Lipinski definition) is 5. The van der Waals surface area contributed by atoms with Gasteiger partial charge in [0.2, 0.25) is 0 Å². The van der Waals surface area contributed by atoms with E-state index in [4.69, 9.17) is 9.63 Å². The Kier molecular flexibility index (Phi) is 4.21. The molecule has 2 aromatic heterocycles. The number of carboxylic acid groups (broad SMARTS) is 1. The molecule has 2 aromatic rings. The zero-order valence-corrected chi connectivity index (χ0v) is 12.2. The van der Waals surface area contributed by atoms with Gasteiger partial charge >= 0.3 is 11.7 Å². The lowest BCUT2D eigenvalue weighted by Crippen LogP contribution is -2.28. The molecule has 0 unspecified atom stereocenters. The molecule has 0 amide bonds. The Labute approximate surface area is 121 Å². The average molecular weight is 291 g/mol. The molecule has 1 N–H and O–H groups in total. The molecule has 0 atom stereocenters. The van der Waals surface area contributed by atoms with Crippen LogP contribution in [0, 0.1) is 20.8 Å². The third kappa shape index (κ3) is 3.36. The summed E-state index contributed by atoms with van der Waals surface area (Å²) in [6.07, 6.45) is 0.346. The van der Waals surface area contributed by atoms with Crippen LogP contribution < -0.4 is 5.69 Å². The van der Waals surface area contributed by atoms with Crippen molar-refractivity contribution in [3.8, 4) is 0 Å². The van der Waals surface area contributed by atoms with Gasteiger partial charge in [0, 0.05) is 23.9 Å². The summed E-state index contributed by atoms with van der Waals surface area (Å²) in [7, 11) is 0. The molecular formula is C14H17N3O4. The number of carbonyl (C=O) groups is 1. The monoisotopic (exact) mass is 291 g/mol. The van der Waals surface area contributed by atoms with Crippen molar-refractivity contribution in [3.63, 3.8) is 0 Å². The van der Waals surface area contributed by atoms with E-state index in [1.807, 2.05) is 0 Å². The second kappa shape index (κ2) is 5.90. The van der Waals surface area contributed by atoms with Gasteiger partial charge in [-0.1, -0.05) is 5.16 Å². The van der Waals surface area contributed by atoms with Crippen LogP contribution in [0.5, 0.6) is 0 Å². The molecule has 21 heavy (non-hydrogen) atoms. The Morgan fingerprint density at radius 2 is 2.10 bits per heavy atom. The van der Waals surface area contributed by atoms with Gasteiger partial charge in [0.05, 0.1) is 12.2 Å². The standard InChI is InChI=1S/C14H17N3O4/c1-8-6-11(21-16-8)7-17-10(3)12(4-5-13(18)19)9(2)15-14(17)20/h6H,4-5,7H2,1-3H3,(H,18,19). The summed E-state index contributed by atoms with van der Waals surface area (Å²) in [6.45, 7) is 5.54. The Morgan fingerprint density at radius 3 is 2.67 bits per heavy atom. The zero-order chi connectivity index (χ0) is 15.6. The number of aromatic nitrogens is 3. The van der Waals surface area contributed by atoms with Crippen LogP contribution in [0.1, 0.15) is 34.8 Å². The molecule has 0 aliphatic rings. The summed E-state index contributed by atoms with van der Waals surface area (Å²) < 4.78 is 6.59. The van der Waals surface area contributed by atoms with E-state index < -0.39 is 5.97 Å². The minimum absolute atomic E-state index is 0.00296. The van der Waals surface area contributed by atoms with Crippen molar-refractivity contribution in [2.75, 3.05) is 0 Å². The SMILES string of the molecule is Cc1cc(Cn2c(C)c(CCC(=O)O)c(C)nc2=O)on1. The van der Waals surface area contributed by atoms with E-state index in [0.717, 1.165) is 11.3 Å². The maximum Gasteiger partial charge on any atom is 0.348 e. The maximum absolute atomic E-state index is 12.0. The largest absolute Gasteiger partial charge is 0.481 e. The van der Waals surface area contributed by atoms with E-state index >= 15 is 0 Å². The molecule has 0 saturated carbocycles. The lowest BCUT2D eigenvalue weighted by atomic mass is 10.1. The van der Waals surface area contributed by atoms with Crippen LogP contribution in [0.2, 0.25) is 0 Å². The molecule has 2 heterocycles. The predicted molar refractivity (Wildman–Crippen MR) is 74.3 cm³/mol. The van der Waals surface area contributed by atoms with Crippen LogP contribution in [0.15, 0.2) is 15.4 Å². The summed E-state index contributed by atoms with van der Waals surface area (Å²) in [5, 5.41) is 12.6. The van der Waals surface area contributed by atoms with Crippen LogP contribution in [0.3, 0.4) is 0 Å². The second-order valence-electron chi connectivity index (χ2n) is 4.96. The van der Waals surface area contributed by atoms with Crippen molar-refractivity contribution in [3.05, 3.63) is 45.0 Å². The fourth-order valence-electron chi connectivity index (χ4n) is 2.27. The lowest BCUT2D eigenvalue weighted by Gasteiger charge is -2.13. The van der Waals surface area contributed by atoms with Gasteiger partial charge in [-0.15, -0.1) is 0 Å². The summed E-state index contributed by atoms with van der Waals surface area (Å²) in [5.41, 5.74) is 2.43. The molecular weight excluding hydrogens is 274 g/mol. The Bertz CT molecular complexity index is 730. The molecule has 0 spiro atoms. The van der Waals surface area contributed by atoms with E-state index in [0.29, 0.717) is 23.6 Å². The first kappa shape index (κ1) is 15.0. The zero-order valence-electron chi connectivity index (χ0n) is 12.2. The number of aryl methyl sites for hydroxylation is 2. The summed E-state index contributed by atoms with van der Waals surface area (Å²) in [4.78, 5) is 26.7. The first-order valence-corrected chi connectivity index (χ1v) is 6.59. The average Bonchev–Trinajstić information content (AvgIpc) is 2.79. The molecule has 0 fully saturated rings. The van der Waals surface area contributed by atoms with Crippen LogP contribution in [0.4, 0.5) is 0 Å². The Morgan fingerprint density at radius 1 is 1.38 bits per heavy atom. The second-order valence-corrected chi connectivity index (χ2v) is 4.96. The van der Waals surface area contributed by atoms with Crippen LogP contribution >= 0.6 is 0 Å². The maximum atomic E-state index is 12.0. The van der Waals surface area contributed by atoms with E-state index in [1.165, 1.54) is 4.57 Å². The normalized spacial score (nSPS) is 10.8. The van der Waals surface area contributed by atoms with Gasteiger partial charge in [0.1, 0.15) is 0 Å². The molecule has 0 aromatic carbocycles. The molecule has 0 aliphatic heterocycles. The minimum Gasteiger partial charge on any atom is -0.481 e. The number of rotatable bonds is 5. The molecule has 112 valence electrons. The Hall–Kier alpha value is -2.44. The summed E-state index contributed by atoms with van der Waals surface area (Å²) in [6, 6.07) is 1.75. The van der Waals surface area contributed by atoms with Crippen molar-refractivity contribution in [2.24, 2.45) is 0 Å². The highest BCUT2D eigenvalue weighted by Gasteiger charge is 2.14. The van der Waals surface area contributed by atoms with Crippen LogP contribution in [0.25, 0.3) is 0 Å². The number of hydrogen-bond donors (Lipinski definition) is 1. The summed E-state index contributed by atoms with van der Waals surface area (Å²) in [5.74, 6) is -0.315. The lowest BCUT2D eigenvalue weighted by molar-refractivity contribution is -0.136. The molecule has 0 radical (unpaired) electrons.